The van der Waals surface area contributed by atoms with Crippen molar-refractivity contribution in [2.24, 2.45) is 5.73 Å². The van der Waals surface area contributed by atoms with Crippen molar-refractivity contribution < 1.29 is 24.3 Å². The standard InChI is InChI=1S/C11H20N4O5/c1-14(2)9(17)6-15(3)11(20)13-7(10(18)19)4-5-8(12)16/h7H,4-6H2,1-3H3,(H2,12,16)(H,13,20)(H,18,19)/t7-/m0/s1. The van der Waals surface area contributed by atoms with Crippen molar-refractivity contribution in [2.45, 2.75) is 18.9 Å². The Morgan fingerprint density at radius 3 is 2.15 bits per heavy atom. The lowest BCUT2D eigenvalue weighted by Crippen LogP contribution is -2.49. The fourth-order valence-corrected chi connectivity index (χ4v) is 1.22. The molecule has 0 radical (unpaired) electrons. The van der Waals surface area contributed by atoms with Gasteiger partial charge in [0, 0.05) is 27.6 Å². The van der Waals surface area contributed by atoms with Gasteiger partial charge in [0.2, 0.25) is 11.8 Å². The maximum absolute atomic E-state index is 11.7. The molecule has 9 heteroatoms. The smallest absolute Gasteiger partial charge is 0.326 e. The van der Waals surface area contributed by atoms with Crippen LogP contribution in [0.1, 0.15) is 12.8 Å². The topological polar surface area (TPSA) is 133 Å². The van der Waals surface area contributed by atoms with E-state index in [1.54, 1.807) is 14.1 Å². The van der Waals surface area contributed by atoms with E-state index in [1.807, 2.05) is 0 Å². The number of nitrogens with zero attached hydrogens (tertiary/aromatic N) is 2. The number of carbonyl (C=O) groups excluding carboxylic acids is 3. The summed E-state index contributed by atoms with van der Waals surface area (Å²) in [5, 5.41) is 11.2. The second-order valence-electron chi connectivity index (χ2n) is 4.49. The van der Waals surface area contributed by atoms with Crippen LogP contribution in [0.2, 0.25) is 0 Å². The van der Waals surface area contributed by atoms with E-state index < -0.39 is 23.9 Å². The number of carbonyl (C=O) groups is 4. The molecule has 4 N–H and O–H groups in total. The number of rotatable bonds is 7. The lowest BCUT2D eigenvalue weighted by molar-refractivity contribution is -0.139. The first kappa shape index (κ1) is 17.7. The molecule has 0 fully saturated rings. The number of amides is 4. The Morgan fingerprint density at radius 2 is 1.75 bits per heavy atom. The SMILES string of the molecule is CN(C)C(=O)CN(C)C(=O)N[C@@H](CCC(N)=O)C(=O)O. The molecule has 9 nitrogen and oxygen atoms in total. The highest BCUT2D eigenvalue weighted by Gasteiger charge is 2.23. The van der Waals surface area contributed by atoms with Crippen molar-refractivity contribution >= 4 is 23.8 Å². The molecule has 0 unspecified atom stereocenters. The molecular formula is C11H20N4O5. The Morgan fingerprint density at radius 1 is 1.20 bits per heavy atom. The molecule has 1 atom stereocenters. The zero-order valence-corrected chi connectivity index (χ0v) is 11.8. The second kappa shape index (κ2) is 7.97. The van der Waals surface area contributed by atoms with Crippen LogP contribution in [0.3, 0.4) is 0 Å². The van der Waals surface area contributed by atoms with E-state index in [0.717, 1.165) is 4.90 Å². The number of hydrogen-bond donors (Lipinski definition) is 3. The maximum Gasteiger partial charge on any atom is 0.326 e. The maximum atomic E-state index is 11.7. The summed E-state index contributed by atoms with van der Waals surface area (Å²) in [5.41, 5.74) is 4.93. The minimum Gasteiger partial charge on any atom is -0.480 e. The minimum atomic E-state index is -1.27. The number of likely N-dealkylation sites (N-methyl/N-ethyl adjacent to an activating group) is 2. The van der Waals surface area contributed by atoms with Crippen molar-refractivity contribution in [3.8, 4) is 0 Å². The summed E-state index contributed by atoms with van der Waals surface area (Å²) < 4.78 is 0. The monoisotopic (exact) mass is 288 g/mol. The predicted molar refractivity (Wildman–Crippen MR) is 69.7 cm³/mol. The quantitative estimate of drug-likeness (QED) is 0.520. The summed E-state index contributed by atoms with van der Waals surface area (Å²) in [4.78, 5) is 47.1. The molecule has 0 spiro atoms. The Labute approximate surface area is 116 Å². The molecule has 0 aliphatic rings. The molecule has 0 heterocycles. The molecule has 0 rings (SSSR count). The molecule has 0 aromatic heterocycles. The zero-order chi connectivity index (χ0) is 15.9. The van der Waals surface area contributed by atoms with Gasteiger partial charge in [-0.05, 0) is 6.42 Å². The van der Waals surface area contributed by atoms with Crippen LogP contribution in [-0.2, 0) is 14.4 Å². The first-order chi connectivity index (χ1) is 9.15. The van der Waals surface area contributed by atoms with Gasteiger partial charge in [-0.1, -0.05) is 0 Å². The third kappa shape index (κ3) is 6.57. The molecule has 114 valence electrons. The average Bonchev–Trinajstić information content (AvgIpc) is 2.32. The first-order valence-electron chi connectivity index (χ1n) is 5.88. The van der Waals surface area contributed by atoms with Crippen LogP contribution in [-0.4, -0.2) is 72.5 Å². The highest BCUT2D eigenvalue weighted by molar-refractivity contribution is 5.86. The summed E-state index contributed by atoms with van der Waals surface area (Å²) in [6.45, 7) is -0.180. The van der Waals surface area contributed by atoms with Crippen molar-refractivity contribution in [1.82, 2.24) is 15.1 Å². The fourth-order valence-electron chi connectivity index (χ4n) is 1.22. The molecule has 0 saturated heterocycles. The van der Waals surface area contributed by atoms with E-state index in [2.05, 4.69) is 5.32 Å². The highest BCUT2D eigenvalue weighted by Crippen LogP contribution is 1.99. The lowest BCUT2D eigenvalue weighted by atomic mass is 10.1. The van der Waals surface area contributed by atoms with Crippen LogP contribution in [0.4, 0.5) is 4.79 Å². The van der Waals surface area contributed by atoms with Gasteiger partial charge in [0.15, 0.2) is 0 Å². The van der Waals surface area contributed by atoms with Gasteiger partial charge in [0.25, 0.3) is 0 Å². The van der Waals surface area contributed by atoms with Crippen LogP contribution < -0.4 is 11.1 Å². The molecule has 0 aromatic rings. The Balaban J connectivity index is 4.48. The third-order valence-corrected chi connectivity index (χ3v) is 2.49. The van der Waals surface area contributed by atoms with Crippen LogP contribution in [0.25, 0.3) is 0 Å². The van der Waals surface area contributed by atoms with Crippen LogP contribution in [0, 0.1) is 0 Å². The number of hydrogen-bond acceptors (Lipinski definition) is 4. The van der Waals surface area contributed by atoms with Gasteiger partial charge < -0.3 is 26.0 Å². The summed E-state index contributed by atoms with van der Waals surface area (Å²) in [5.74, 6) is -2.22. The molecule has 0 bridgehead atoms. The molecule has 0 aromatic carbocycles. The van der Waals surface area contributed by atoms with E-state index in [9.17, 15) is 19.2 Å². The number of nitrogens with two attached hydrogens (primary N) is 1. The Hall–Kier alpha value is -2.32. The zero-order valence-electron chi connectivity index (χ0n) is 11.8. The van der Waals surface area contributed by atoms with Gasteiger partial charge in [-0.2, -0.15) is 0 Å². The molecule has 4 amide bonds. The number of carboxylic acid groups (broad SMARTS) is 1. The van der Waals surface area contributed by atoms with Gasteiger partial charge in [0.1, 0.15) is 12.6 Å². The largest absolute Gasteiger partial charge is 0.480 e. The minimum absolute atomic E-state index is 0.105. The molecule has 0 saturated carbocycles. The molecule has 0 aliphatic carbocycles. The van der Waals surface area contributed by atoms with Crippen molar-refractivity contribution in [2.75, 3.05) is 27.7 Å². The predicted octanol–water partition coefficient (Wildman–Crippen LogP) is -1.57. The second-order valence-corrected chi connectivity index (χ2v) is 4.49. The number of aliphatic carboxylic acids is 1. The van der Waals surface area contributed by atoms with Gasteiger partial charge >= 0.3 is 12.0 Å². The van der Waals surface area contributed by atoms with Gasteiger partial charge in [-0.3, -0.25) is 9.59 Å². The number of nitrogens with one attached hydrogen (secondary N) is 1. The van der Waals surface area contributed by atoms with Crippen LogP contribution in [0.15, 0.2) is 0 Å². The Kier molecular flexibility index (Phi) is 7.05. The fraction of sp³-hybridized carbons (Fsp3) is 0.636. The van der Waals surface area contributed by atoms with Crippen molar-refractivity contribution in [1.29, 1.82) is 0 Å². The van der Waals surface area contributed by atoms with Gasteiger partial charge in [0.05, 0.1) is 0 Å². The summed E-state index contributed by atoms with van der Waals surface area (Å²) in [6.07, 6.45) is -0.260. The van der Waals surface area contributed by atoms with E-state index in [4.69, 9.17) is 10.8 Å². The van der Waals surface area contributed by atoms with Gasteiger partial charge in [-0.15, -0.1) is 0 Å². The third-order valence-electron chi connectivity index (χ3n) is 2.49. The molecular weight excluding hydrogens is 268 g/mol. The summed E-state index contributed by atoms with van der Waals surface area (Å²) in [6, 6.07) is -1.94. The number of urea groups is 1. The number of carboxylic acids is 1. The summed E-state index contributed by atoms with van der Waals surface area (Å²) >= 11 is 0. The van der Waals surface area contributed by atoms with E-state index in [0.29, 0.717) is 0 Å². The number of primary amides is 1. The first-order valence-corrected chi connectivity index (χ1v) is 5.88. The van der Waals surface area contributed by atoms with E-state index in [-0.39, 0.29) is 25.3 Å². The molecule has 0 aliphatic heterocycles. The summed E-state index contributed by atoms with van der Waals surface area (Å²) in [7, 11) is 4.45. The van der Waals surface area contributed by atoms with E-state index in [1.165, 1.54) is 11.9 Å². The lowest BCUT2D eigenvalue weighted by Gasteiger charge is -2.22. The highest BCUT2D eigenvalue weighted by atomic mass is 16.4. The van der Waals surface area contributed by atoms with Crippen LogP contribution >= 0.6 is 0 Å². The normalized spacial score (nSPS) is 11.3. The Bertz CT molecular complexity index is 396. The van der Waals surface area contributed by atoms with Gasteiger partial charge in [-0.25, -0.2) is 9.59 Å². The van der Waals surface area contributed by atoms with Crippen molar-refractivity contribution in [3.63, 3.8) is 0 Å². The van der Waals surface area contributed by atoms with Crippen LogP contribution in [0.5, 0.6) is 0 Å². The van der Waals surface area contributed by atoms with E-state index >= 15 is 0 Å². The average molecular weight is 288 g/mol. The van der Waals surface area contributed by atoms with Crippen molar-refractivity contribution in [3.05, 3.63) is 0 Å². The molecule has 20 heavy (non-hydrogen) atoms.